The highest BCUT2D eigenvalue weighted by Crippen LogP contribution is 2.22. The number of carbonyl (C=O) groups is 1. The Labute approximate surface area is 163 Å². The lowest BCUT2D eigenvalue weighted by atomic mass is 10.2. The van der Waals surface area contributed by atoms with Gasteiger partial charge >= 0.3 is 0 Å². The summed E-state index contributed by atoms with van der Waals surface area (Å²) in [7, 11) is 6.07. The molecule has 7 nitrogen and oxygen atoms in total. The minimum absolute atomic E-state index is 0.0355. The number of para-hydroxylation sites is 1. The lowest BCUT2D eigenvalue weighted by Crippen LogP contribution is -2.46. The first-order valence-corrected chi connectivity index (χ1v) is 10.1. The van der Waals surface area contributed by atoms with Gasteiger partial charge in [0.1, 0.15) is 0 Å². The molecule has 1 amide bonds. The molecule has 1 saturated heterocycles. The normalized spacial score (nSPS) is 15.6. The van der Waals surface area contributed by atoms with Gasteiger partial charge in [-0.3, -0.25) is 14.2 Å². The summed E-state index contributed by atoms with van der Waals surface area (Å²) in [6.07, 6.45) is 0.823. The summed E-state index contributed by atoms with van der Waals surface area (Å²) in [5, 5.41) is 1.05. The third kappa shape index (κ3) is 4.88. The fourth-order valence-corrected chi connectivity index (χ4v) is 4.00. The maximum Gasteiger partial charge on any atom is 0.289 e. The number of amides is 1. The van der Waals surface area contributed by atoms with Crippen LogP contribution in [0.15, 0.2) is 34.2 Å². The largest absolute Gasteiger partial charge is 0.331 e. The number of hydrogen-bond donors (Lipinski definition) is 0. The summed E-state index contributed by atoms with van der Waals surface area (Å²) < 4.78 is 1.66. The van der Waals surface area contributed by atoms with Gasteiger partial charge in [0, 0.05) is 44.5 Å². The predicted molar refractivity (Wildman–Crippen MR) is 109 cm³/mol. The fraction of sp³-hybridized carbons (Fsp3) is 0.526. The Morgan fingerprint density at radius 2 is 1.89 bits per heavy atom. The first-order valence-electron chi connectivity index (χ1n) is 9.25. The number of benzene rings is 1. The molecule has 0 atom stereocenters. The van der Waals surface area contributed by atoms with Crippen molar-refractivity contribution in [1.82, 2.24) is 24.3 Å². The van der Waals surface area contributed by atoms with E-state index < -0.39 is 0 Å². The Balaban J connectivity index is 1.87. The van der Waals surface area contributed by atoms with Crippen LogP contribution >= 0.6 is 11.8 Å². The summed E-state index contributed by atoms with van der Waals surface area (Å²) in [4.78, 5) is 36.5. The molecule has 0 aliphatic carbocycles. The maximum absolute atomic E-state index is 13.0. The average Bonchev–Trinajstić information content (AvgIpc) is 2.64. The van der Waals surface area contributed by atoms with E-state index in [0.29, 0.717) is 35.7 Å². The zero-order chi connectivity index (χ0) is 19.4. The van der Waals surface area contributed by atoms with Crippen LogP contribution in [0.25, 0.3) is 10.9 Å². The second-order valence-electron chi connectivity index (χ2n) is 7.18. The fourth-order valence-electron chi connectivity index (χ4n) is 3.10. The van der Waals surface area contributed by atoms with Crippen LogP contribution in [0.4, 0.5) is 4.79 Å². The Kier molecular flexibility index (Phi) is 6.51. The van der Waals surface area contributed by atoms with Gasteiger partial charge in [-0.25, -0.2) is 4.98 Å². The highest BCUT2D eigenvalue weighted by Gasteiger charge is 2.22. The van der Waals surface area contributed by atoms with Gasteiger partial charge in [0.15, 0.2) is 5.16 Å². The first kappa shape index (κ1) is 19.9. The van der Waals surface area contributed by atoms with E-state index in [1.807, 2.05) is 37.2 Å². The summed E-state index contributed by atoms with van der Waals surface area (Å²) in [5.74, 6) is 0. The smallest absolute Gasteiger partial charge is 0.289 e. The van der Waals surface area contributed by atoms with Crippen molar-refractivity contribution in [3.8, 4) is 0 Å². The number of hydrogen-bond acceptors (Lipinski definition) is 6. The van der Waals surface area contributed by atoms with Gasteiger partial charge in [-0.2, -0.15) is 0 Å². The second kappa shape index (κ2) is 8.86. The number of fused-ring (bicyclic) bond motifs is 1. The van der Waals surface area contributed by atoms with E-state index in [1.54, 1.807) is 10.6 Å². The van der Waals surface area contributed by atoms with Crippen LogP contribution in [0.3, 0.4) is 0 Å². The molecule has 3 rings (SSSR count). The molecule has 0 radical (unpaired) electrons. The number of carbonyl (C=O) groups excluding carboxylic acids is 1. The molecule has 146 valence electrons. The SMILES string of the molecule is CN(C)CCCn1c(SC(=O)N2CCN(C)CC2)nc2ccccc2c1=O. The molecule has 1 aliphatic heterocycles. The molecule has 2 heterocycles. The van der Waals surface area contributed by atoms with Crippen LogP contribution in [0.2, 0.25) is 0 Å². The van der Waals surface area contributed by atoms with Crippen molar-refractivity contribution in [2.45, 2.75) is 18.1 Å². The van der Waals surface area contributed by atoms with Crippen LogP contribution in [0.5, 0.6) is 0 Å². The van der Waals surface area contributed by atoms with Crippen molar-refractivity contribution in [2.75, 3.05) is 53.9 Å². The summed E-state index contributed by atoms with van der Waals surface area (Å²) in [6.45, 7) is 4.57. The zero-order valence-corrected chi connectivity index (χ0v) is 17.0. The van der Waals surface area contributed by atoms with Crippen LogP contribution in [-0.4, -0.2) is 83.4 Å². The van der Waals surface area contributed by atoms with E-state index in [4.69, 9.17) is 0 Å². The lowest BCUT2D eigenvalue weighted by molar-refractivity contribution is 0.172. The minimum atomic E-state index is -0.0759. The molecule has 2 aromatic rings. The Hall–Kier alpha value is -1.90. The molecule has 1 fully saturated rings. The van der Waals surface area contributed by atoms with Crippen molar-refractivity contribution in [3.05, 3.63) is 34.6 Å². The Bertz CT molecular complexity index is 859. The third-order valence-electron chi connectivity index (χ3n) is 4.75. The highest BCUT2D eigenvalue weighted by atomic mass is 32.2. The summed E-state index contributed by atoms with van der Waals surface area (Å²) >= 11 is 1.07. The zero-order valence-electron chi connectivity index (χ0n) is 16.2. The Morgan fingerprint density at radius 1 is 1.19 bits per heavy atom. The van der Waals surface area contributed by atoms with Gasteiger partial charge < -0.3 is 14.7 Å². The van der Waals surface area contributed by atoms with Crippen molar-refractivity contribution < 1.29 is 4.79 Å². The second-order valence-corrected chi connectivity index (χ2v) is 8.10. The number of nitrogens with zero attached hydrogens (tertiary/aromatic N) is 5. The van der Waals surface area contributed by atoms with Crippen LogP contribution in [0, 0.1) is 0 Å². The number of piperazine rings is 1. The molecule has 8 heteroatoms. The van der Waals surface area contributed by atoms with Gasteiger partial charge in [-0.15, -0.1) is 0 Å². The lowest BCUT2D eigenvalue weighted by Gasteiger charge is -2.32. The number of likely N-dealkylation sites (N-methyl/N-ethyl adjacent to an activating group) is 1. The van der Waals surface area contributed by atoms with Gasteiger partial charge in [0.05, 0.1) is 10.9 Å². The molecule has 0 bridgehead atoms. The van der Waals surface area contributed by atoms with Crippen LogP contribution in [0.1, 0.15) is 6.42 Å². The molecule has 1 aliphatic rings. The monoisotopic (exact) mass is 389 g/mol. The van der Waals surface area contributed by atoms with Crippen molar-refractivity contribution in [1.29, 1.82) is 0 Å². The quantitative estimate of drug-likeness (QED) is 0.574. The standard InChI is InChI=1S/C19H27N5O2S/c1-21(2)9-6-10-24-17(25)15-7-4-5-8-16(15)20-18(24)27-19(26)23-13-11-22(3)12-14-23/h4-5,7-8H,6,9-14H2,1-3H3. The van der Waals surface area contributed by atoms with E-state index >= 15 is 0 Å². The molecular formula is C19H27N5O2S. The number of rotatable bonds is 5. The molecular weight excluding hydrogens is 362 g/mol. The predicted octanol–water partition coefficient (Wildman–Crippen LogP) is 1.81. The summed E-state index contributed by atoms with van der Waals surface area (Å²) in [5.41, 5.74) is 0.563. The molecule has 0 spiro atoms. The average molecular weight is 390 g/mol. The van der Waals surface area contributed by atoms with E-state index in [9.17, 15) is 9.59 Å². The Morgan fingerprint density at radius 3 is 2.59 bits per heavy atom. The molecule has 0 saturated carbocycles. The molecule has 0 unspecified atom stereocenters. The molecule has 0 N–H and O–H groups in total. The minimum Gasteiger partial charge on any atom is -0.331 e. The van der Waals surface area contributed by atoms with Crippen LogP contribution < -0.4 is 5.56 Å². The number of thioether (sulfide) groups is 1. The van der Waals surface area contributed by atoms with E-state index in [2.05, 4.69) is 21.8 Å². The highest BCUT2D eigenvalue weighted by molar-refractivity contribution is 8.13. The third-order valence-corrected chi connectivity index (χ3v) is 5.68. The van der Waals surface area contributed by atoms with Gasteiger partial charge in [-0.1, -0.05) is 12.1 Å². The van der Waals surface area contributed by atoms with Crippen molar-refractivity contribution >= 4 is 27.9 Å². The molecule has 1 aromatic heterocycles. The summed E-state index contributed by atoms with van der Waals surface area (Å²) in [6, 6.07) is 7.33. The maximum atomic E-state index is 13.0. The van der Waals surface area contributed by atoms with Gasteiger partial charge in [0.25, 0.3) is 10.8 Å². The van der Waals surface area contributed by atoms with Crippen LogP contribution in [-0.2, 0) is 6.54 Å². The van der Waals surface area contributed by atoms with E-state index in [-0.39, 0.29) is 10.8 Å². The van der Waals surface area contributed by atoms with E-state index in [1.165, 1.54) is 0 Å². The molecule has 27 heavy (non-hydrogen) atoms. The first-order chi connectivity index (χ1) is 13.0. The number of aromatic nitrogens is 2. The van der Waals surface area contributed by atoms with Gasteiger partial charge in [0.2, 0.25) is 0 Å². The molecule has 1 aromatic carbocycles. The van der Waals surface area contributed by atoms with Crippen molar-refractivity contribution in [3.63, 3.8) is 0 Å². The van der Waals surface area contributed by atoms with E-state index in [0.717, 1.165) is 37.8 Å². The van der Waals surface area contributed by atoms with Crippen molar-refractivity contribution in [2.24, 2.45) is 0 Å². The van der Waals surface area contributed by atoms with Gasteiger partial charge in [-0.05, 0) is 46.2 Å². The topological polar surface area (TPSA) is 61.7 Å².